The van der Waals surface area contributed by atoms with Gasteiger partial charge in [0, 0.05) is 31.9 Å². The van der Waals surface area contributed by atoms with Crippen molar-refractivity contribution < 1.29 is 19.1 Å². The minimum absolute atomic E-state index is 0.00341. The predicted octanol–water partition coefficient (Wildman–Crippen LogP) is 3.26. The summed E-state index contributed by atoms with van der Waals surface area (Å²) in [4.78, 5) is 25.4. The molecule has 2 amide bonds. The number of amides is 2. The molecule has 1 fully saturated rings. The molecular weight excluding hydrogens is 358 g/mol. The first-order valence-corrected chi connectivity index (χ1v) is 9.86. The molecule has 1 aromatic rings. The van der Waals surface area contributed by atoms with Crippen LogP contribution in [0.2, 0.25) is 0 Å². The Morgan fingerprint density at radius 1 is 1.14 bits per heavy atom. The molecule has 0 aliphatic carbocycles. The highest BCUT2D eigenvalue weighted by atomic mass is 16.6. The van der Waals surface area contributed by atoms with Gasteiger partial charge in [-0.1, -0.05) is 6.92 Å². The maximum absolute atomic E-state index is 12.3. The lowest BCUT2D eigenvalue weighted by molar-refractivity contribution is -0.122. The number of anilines is 1. The number of likely N-dealkylation sites (tertiary alicyclic amines) is 1. The number of benzene rings is 1. The number of nitrogens with zero attached hydrogens (tertiary/aromatic N) is 1. The van der Waals surface area contributed by atoms with Crippen molar-refractivity contribution in [1.29, 1.82) is 0 Å². The first-order valence-electron chi connectivity index (χ1n) is 9.86. The molecular formula is C21H33N3O4. The third-order valence-electron chi connectivity index (χ3n) is 4.76. The molecule has 0 spiro atoms. The van der Waals surface area contributed by atoms with Crippen LogP contribution in [0.3, 0.4) is 0 Å². The van der Waals surface area contributed by atoms with Gasteiger partial charge in [0.15, 0.2) is 6.61 Å². The van der Waals surface area contributed by atoms with Crippen molar-refractivity contribution in [2.24, 2.45) is 5.92 Å². The molecule has 1 aliphatic rings. The van der Waals surface area contributed by atoms with E-state index in [1.165, 1.54) is 0 Å². The van der Waals surface area contributed by atoms with Crippen LogP contribution < -0.4 is 15.4 Å². The molecule has 0 radical (unpaired) electrons. The van der Waals surface area contributed by atoms with Crippen molar-refractivity contribution in [3.63, 3.8) is 0 Å². The highest BCUT2D eigenvalue weighted by Crippen LogP contribution is 2.24. The Kier molecular flexibility index (Phi) is 7.54. The van der Waals surface area contributed by atoms with Gasteiger partial charge in [-0.3, -0.25) is 4.79 Å². The third-order valence-corrected chi connectivity index (χ3v) is 4.76. The van der Waals surface area contributed by atoms with Gasteiger partial charge in [-0.2, -0.15) is 0 Å². The summed E-state index contributed by atoms with van der Waals surface area (Å²) in [5.74, 6) is 0.916. The van der Waals surface area contributed by atoms with Gasteiger partial charge in [0.1, 0.15) is 11.4 Å². The van der Waals surface area contributed by atoms with Gasteiger partial charge in [0.2, 0.25) is 0 Å². The molecule has 2 atom stereocenters. The molecule has 0 bridgehead atoms. The number of nitrogens with one attached hydrogen (secondary N) is 2. The zero-order valence-electron chi connectivity index (χ0n) is 17.6. The van der Waals surface area contributed by atoms with Gasteiger partial charge in [-0.05, 0) is 63.8 Å². The summed E-state index contributed by atoms with van der Waals surface area (Å²) < 4.78 is 10.9. The van der Waals surface area contributed by atoms with E-state index in [0.717, 1.165) is 18.5 Å². The highest BCUT2D eigenvalue weighted by molar-refractivity contribution is 5.77. The van der Waals surface area contributed by atoms with E-state index < -0.39 is 5.60 Å². The van der Waals surface area contributed by atoms with Crippen LogP contribution in [0.25, 0.3) is 0 Å². The van der Waals surface area contributed by atoms with Gasteiger partial charge in [0.05, 0.1) is 0 Å². The van der Waals surface area contributed by atoms with Crippen molar-refractivity contribution >= 4 is 17.7 Å². The standard InChI is InChI=1S/C21H33N3O4/c1-15-10-12-24(20(26)28-21(2,3)4)13-11-18(15)23-16-6-8-17(9-7-16)27-14-19(25)22-5/h6-9,15,18,23H,10-14H2,1-5H3,(H,22,25)/t15-,18-/m0/s1. The summed E-state index contributed by atoms with van der Waals surface area (Å²) in [5.41, 5.74) is 0.517. The summed E-state index contributed by atoms with van der Waals surface area (Å²) in [6, 6.07) is 7.86. The van der Waals surface area contributed by atoms with Crippen LogP contribution in [0, 0.1) is 5.92 Å². The van der Waals surface area contributed by atoms with E-state index in [-0.39, 0.29) is 24.6 Å². The van der Waals surface area contributed by atoms with Crippen LogP contribution in [0.5, 0.6) is 5.75 Å². The lowest BCUT2D eigenvalue weighted by Crippen LogP contribution is -2.37. The molecule has 1 aliphatic heterocycles. The smallest absolute Gasteiger partial charge is 0.410 e. The fourth-order valence-electron chi connectivity index (χ4n) is 3.06. The number of carbonyl (C=O) groups excluding carboxylic acids is 2. The molecule has 1 heterocycles. The molecule has 7 nitrogen and oxygen atoms in total. The van der Waals surface area contributed by atoms with E-state index in [1.54, 1.807) is 11.9 Å². The van der Waals surface area contributed by atoms with E-state index in [4.69, 9.17) is 9.47 Å². The number of ether oxygens (including phenoxy) is 2. The Bertz CT molecular complexity index is 655. The quantitative estimate of drug-likeness (QED) is 0.805. The number of hydrogen-bond donors (Lipinski definition) is 2. The summed E-state index contributed by atoms with van der Waals surface area (Å²) in [6.45, 7) is 9.25. The molecule has 0 saturated carbocycles. The first-order chi connectivity index (χ1) is 13.2. The van der Waals surface area contributed by atoms with Crippen LogP contribution in [-0.4, -0.2) is 55.3 Å². The Balaban J connectivity index is 1.89. The largest absolute Gasteiger partial charge is 0.484 e. The maximum atomic E-state index is 12.3. The summed E-state index contributed by atoms with van der Waals surface area (Å²) >= 11 is 0. The second kappa shape index (κ2) is 9.66. The van der Waals surface area contributed by atoms with Crippen molar-refractivity contribution in [1.82, 2.24) is 10.2 Å². The third kappa shape index (κ3) is 6.94. The van der Waals surface area contributed by atoms with Crippen LogP contribution in [0.4, 0.5) is 10.5 Å². The molecule has 1 saturated heterocycles. The lowest BCUT2D eigenvalue weighted by atomic mass is 9.97. The van der Waals surface area contributed by atoms with Gasteiger partial charge >= 0.3 is 6.09 Å². The fourth-order valence-corrected chi connectivity index (χ4v) is 3.06. The van der Waals surface area contributed by atoms with E-state index in [0.29, 0.717) is 24.8 Å². The lowest BCUT2D eigenvalue weighted by Gasteiger charge is -2.26. The summed E-state index contributed by atoms with van der Waals surface area (Å²) in [7, 11) is 1.58. The van der Waals surface area contributed by atoms with Crippen LogP contribution in [0.1, 0.15) is 40.5 Å². The van der Waals surface area contributed by atoms with Crippen LogP contribution >= 0.6 is 0 Å². The van der Waals surface area contributed by atoms with E-state index in [1.807, 2.05) is 45.0 Å². The van der Waals surface area contributed by atoms with Gasteiger partial charge in [-0.25, -0.2) is 4.79 Å². The Labute approximate surface area is 167 Å². The molecule has 28 heavy (non-hydrogen) atoms. The summed E-state index contributed by atoms with van der Waals surface area (Å²) in [5, 5.41) is 6.09. The van der Waals surface area contributed by atoms with Crippen molar-refractivity contribution in [3.8, 4) is 5.75 Å². The van der Waals surface area contributed by atoms with Crippen molar-refractivity contribution in [2.45, 2.75) is 52.2 Å². The second-order valence-electron chi connectivity index (χ2n) is 8.26. The minimum Gasteiger partial charge on any atom is -0.484 e. The van der Waals surface area contributed by atoms with Crippen molar-refractivity contribution in [3.05, 3.63) is 24.3 Å². The SMILES string of the molecule is CNC(=O)COc1ccc(N[C@H]2CCN(C(=O)OC(C)(C)C)CC[C@@H]2C)cc1. The van der Waals surface area contributed by atoms with E-state index in [9.17, 15) is 9.59 Å². The number of rotatable bonds is 5. The van der Waals surface area contributed by atoms with Gasteiger partial charge < -0.3 is 25.0 Å². The van der Waals surface area contributed by atoms with Gasteiger partial charge in [0.25, 0.3) is 5.91 Å². The Morgan fingerprint density at radius 2 is 1.79 bits per heavy atom. The maximum Gasteiger partial charge on any atom is 0.410 e. The predicted molar refractivity (Wildman–Crippen MR) is 110 cm³/mol. The molecule has 7 heteroatoms. The second-order valence-corrected chi connectivity index (χ2v) is 8.26. The van der Waals surface area contributed by atoms with Gasteiger partial charge in [-0.15, -0.1) is 0 Å². The zero-order chi connectivity index (χ0) is 20.7. The molecule has 156 valence electrons. The Morgan fingerprint density at radius 3 is 2.39 bits per heavy atom. The Hall–Kier alpha value is -2.44. The number of carbonyl (C=O) groups is 2. The number of likely N-dealkylation sites (N-methyl/N-ethyl adjacent to an activating group) is 1. The van der Waals surface area contributed by atoms with Crippen LogP contribution in [-0.2, 0) is 9.53 Å². The average molecular weight is 392 g/mol. The topological polar surface area (TPSA) is 79.9 Å². The van der Waals surface area contributed by atoms with E-state index >= 15 is 0 Å². The summed E-state index contributed by atoms with van der Waals surface area (Å²) in [6.07, 6.45) is 1.54. The fraction of sp³-hybridized carbons (Fsp3) is 0.619. The molecule has 0 unspecified atom stereocenters. The molecule has 2 rings (SSSR count). The van der Waals surface area contributed by atoms with Crippen molar-refractivity contribution in [2.75, 3.05) is 32.1 Å². The molecule has 0 aromatic heterocycles. The molecule has 1 aromatic carbocycles. The van der Waals surface area contributed by atoms with E-state index in [2.05, 4.69) is 17.6 Å². The number of hydrogen-bond acceptors (Lipinski definition) is 5. The minimum atomic E-state index is -0.478. The van der Waals surface area contributed by atoms with Crippen LogP contribution in [0.15, 0.2) is 24.3 Å². The zero-order valence-corrected chi connectivity index (χ0v) is 17.6. The normalized spacial score (nSPS) is 20.1. The first kappa shape index (κ1) is 21.9. The monoisotopic (exact) mass is 391 g/mol. The average Bonchev–Trinajstić information content (AvgIpc) is 2.81. The highest BCUT2D eigenvalue weighted by Gasteiger charge is 2.28. The molecule has 2 N–H and O–H groups in total.